The lowest BCUT2D eigenvalue weighted by molar-refractivity contribution is -0.137. The van der Waals surface area contributed by atoms with Crippen LogP contribution >= 0.6 is 0 Å². The number of anilines is 2. The topological polar surface area (TPSA) is 136 Å². The van der Waals surface area contributed by atoms with Crippen LogP contribution in [0.2, 0.25) is 0 Å². The number of aromatic nitrogens is 4. The summed E-state index contributed by atoms with van der Waals surface area (Å²) in [5.74, 6) is 1.19. The minimum absolute atomic E-state index is 0.0633. The van der Waals surface area contributed by atoms with E-state index in [1.807, 2.05) is 6.07 Å². The molecule has 13 heteroatoms. The second-order valence-electron chi connectivity index (χ2n) is 9.41. The summed E-state index contributed by atoms with van der Waals surface area (Å²) in [5.41, 5.74) is -0.254. The summed E-state index contributed by atoms with van der Waals surface area (Å²) in [7, 11) is 0. The third-order valence-electron chi connectivity index (χ3n) is 7.03. The molecule has 3 aromatic rings. The molecule has 196 valence electrons. The Morgan fingerprint density at radius 1 is 1.19 bits per heavy atom. The number of Topliss-reactive ketones (excluding diaryl/α,β-unsaturated/α-hetero) is 1. The quantitative estimate of drug-likeness (QED) is 0.385. The van der Waals surface area contributed by atoms with Gasteiger partial charge in [0.15, 0.2) is 0 Å². The molecule has 0 radical (unpaired) electrons. The highest BCUT2D eigenvalue weighted by atomic mass is 19.4. The molecule has 7 rings (SSSR count). The number of rotatable bonds is 4. The number of halogens is 3. The van der Waals surface area contributed by atoms with Crippen molar-refractivity contribution in [1.29, 1.82) is 0 Å². The third-order valence-corrected chi connectivity index (χ3v) is 7.03. The number of nitrogens with zero attached hydrogens (tertiary/aromatic N) is 4. The van der Waals surface area contributed by atoms with Crippen molar-refractivity contribution in [3.05, 3.63) is 30.1 Å². The molecule has 0 amide bonds. The van der Waals surface area contributed by atoms with Crippen molar-refractivity contribution in [3.63, 3.8) is 0 Å². The summed E-state index contributed by atoms with van der Waals surface area (Å²) in [6.45, 7) is 1.39. The molecule has 10 nitrogen and oxygen atoms in total. The number of fused-ring (bicyclic) bond motifs is 3. The van der Waals surface area contributed by atoms with Crippen molar-refractivity contribution >= 4 is 35.1 Å². The van der Waals surface area contributed by atoms with E-state index in [9.17, 15) is 18.0 Å². The lowest BCUT2D eigenvalue weighted by Gasteiger charge is -2.52. The molecule has 4 aliphatic rings. The summed E-state index contributed by atoms with van der Waals surface area (Å²) in [4.78, 5) is 38.2. The van der Waals surface area contributed by atoms with Crippen LogP contribution in [0.5, 0.6) is 0 Å². The van der Waals surface area contributed by atoms with Crippen molar-refractivity contribution in [2.45, 2.75) is 56.4 Å². The first-order valence-corrected chi connectivity index (χ1v) is 12.1. The monoisotopic (exact) mass is 517 g/mol. The Labute approximate surface area is 209 Å². The van der Waals surface area contributed by atoms with E-state index in [-0.39, 0.29) is 42.0 Å². The first-order chi connectivity index (χ1) is 17.8. The number of hydrogen-bond acceptors (Lipinski definition) is 8. The van der Waals surface area contributed by atoms with Gasteiger partial charge in [-0.2, -0.15) is 13.2 Å². The first-order valence-electron chi connectivity index (χ1n) is 12.1. The number of H-pyrrole nitrogens is 1. The highest BCUT2D eigenvalue weighted by molar-refractivity contribution is 5.94. The van der Waals surface area contributed by atoms with Crippen LogP contribution in [0.25, 0.3) is 22.3 Å². The molecular formula is C24H26F3N7O3. The molecule has 4 fully saturated rings. The molecule has 0 aromatic carbocycles. The van der Waals surface area contributed by atoms with Gasteiger partial charge >= 0.3 is 6.18 Å². The van der Waals surface area contributed by atoms with Crippen LogP contribution in [0.1, 0.15) is 37.7 Å². The van der Waals surface area contributed by atoms with Crippen molar-refractivity contribution in [2.75, 3.05) is 23.3 Å². The van der Waals surface area contributed by atoms with Crippen LogP contribution < -0.4 is 15.5 Å². The van der Waals surface area contributed by atoms with E-state index >= 15 is 0 Å². The zero-order valence-corrected chi connectivity index (χ0v) is 19.8. The molecule has 2 bridgehead atoms. The van der Waals surface area contributed by atoms with Crippen LogP contribution in [-0.2, 0) is 15.8 Å². The van der Waals surface area contributed by atoms with Crippen molar-refractivity contribution in [3.8, 4) is 11.3 Å². The zero-order chi connectivity index (χ0) is 26.2. The highest BCUT2D eigenvalue weighted by Crippen LogP contribution is 2.42. The maximum Gasteiger partial charge on any atom is 0.419 e. The fourth-order valence-electron chi connectivity index (χ4n) is 5.40. The van der Waals surface area contributed by atoms with Crippen LogP contribution in [0.3, 0.4) is 0 Å². The van der Waals surface area contributed by atoms with Crippen LogP contribution in [-0.4, -0.2) is 68.5 Å². The van der Waals surface area contributed by atoms with E-state index < -0.39 is 11.7 Å². The van der Waals surface area contributed by atoms with Crippen LogP contribution in [0, 0.1) is 0 Å². The molecule has 4 N–H and O–H groups in total. The molecule has 6 heterocycles. The Kier molecular flexibility index (Phi) is 6.71. The summed E-state index contributed by atoms with van der Waals surface area (Å²) < 4.78 is 41.5. The Bertz CT molecular complexity index is 1290. The average molecular weight is 518 g/mol. The average Bonchev–Trinajstić information content (AvgIpc) is 3.27. The predicted molar refractivity (Wildman–Crippen MR) is 129 cm³/mol. The summed E-state index contributed by atoms with van der Waals surface area (Å²) in [5, 5.41) is 13.9. The first kappa shape index (κ1) is 24.9. The fourth-order valence-corrected chi connectivity index (χ4v) is 5.40. The van der Waals surface area contributed by atoms with E-state index in [0.29, 0.717) is 36.0 Å². The van der Waals surface area contributed by atoms with Crippen LogP contribution in [0.15, 0.2) is 24.5 Å². The van der Waals surface area contributed by atoms with Gasteiger partial charge in [-0.25, -0.2) is 15.0 Å². The van der Waals surface area contributed by atoms with Gasteiger partial charge in [-0.05, 0) is 37.9 Å². The SMILES string of the molecule is O=C1CC2CC(C1)N2c1ccc2c(-c3nc(N[C@H]4CCCNC4)ncc3C(F)(F)F)c[nH]c2n1.O=CO. The van der Waals surface area contributed by atoms with Gasteiger partial charge in [-0.1, -0.05) is 0 Å². The van der Waals surface area contributed by atoms with E-state index in [2.05, 4.69) is 35.5 Å². The lowest BCUT2D eigenvalue weighted by atomic mass is 9.79. The zero-order valence-electron chi connectivity index (χ0n) is 19.8. The molecule has 0 spiro atoms. The van der Waals surface area contributed by atoms with E-state index in [1.165, 1.54) is 6.20 Å². The smallest absolute Gasteiger partial charge is 0.419 e. The van der Waals surface area contributed by atoms with Gasteiger partial charge in [0.1, 0.15) is 22.8 Å². The van der Waals surface area contributed by atoms with Gasteiger partial charge < -0.3 is 25.6 Å². The predicted octanol–water partition coefficient (Wildman–Crippen LogP) is 3.21. The summed E-state index contributed by atoms with van der Waals surface area (Å²) >= 11 is 0. The molecule has 3 aliphatic heterocycles. The number of carbonyl (C=O) groups excluding carboxylic acids is 1. The Hall–Kier alpha value is -3.74. The number of carbonyl (C=O) groups is 2. The minimum atomic E-state index is -4.60. The number of aromatic amines is 1. The van der Waals surface area contributed by atoms with Crippen molar-refractivity contribution in [2.24, 2.45) is 0 Å². The van der Waals surface area contributed by atoms with Gasteiger partial charge in [0.05, 0.1) is 5.69 Å². The Morgan fingerprint density at radius 2 is 1.95 bits per heavy atom. The molecule has 3 aromatic heterocycles. The molecule has 1 aliphatic carbocycles. The third kappa shape index (κ3) is 4.95. The molecule has 3 atom stereocenters. The molecular weight excluding hydrogens is 491 g/mol. The fraction of sp³-hybridized carbons (Fsp3) is 0.458. The van der Waals surface area contributed by atoms with Gasteiger partial charge in [0.25, 0.3) is 6.47 Å². The lowest BCUT2D eigenvalue weighted by Crippen LogP contribution is -2.61. The largest absolute Gasteiger partial charge is 0.483 e. The van der Waals surface area contributed by atoms with E-state index in [1.54, 1.807) is 6.07 Å². The normalized spacial score (nSPS) is 23.2. The standard InChI is InChI=1S/C23H24F3N7O.CH2O2/c24-23(25,26)18-11-29-22(30-12-2-1-5-27-9-12)32-20(18)17-10-28-21-16(17)3-4-19(31-21)33-13-6-14(33)8-15(34)7-13;2-1-3/h3-4,10-14,27H,1-2,5-9H2,(H,28,31)(H,29,30,32);1H,(H,2,3)/t12-,13?,14?;/m0./s1. The summed E-state index contributed by atoms with van der Waals surface area (Å²) in [6.07, 6.45) is 1.67. The van der Waals surface area contributed by atoms with Gasteiger partial charge in [0.2, 0.25) is 5.95 Å². The van der Waals surface area contributed by atoms with Gasteiger partial charge in [-0.3, -0.25) is 9.59 Å². The molecule has 37 heavy (non-hydrogen) atoms. The van der Waals surface area contributed by atoms with Crippen LogP contribution in [0.4, 0.5) is 24.9 Å². The number of nitrogens with one attached hydrogen (secondary N) is 3. The number of piperidine rings is 2. The Balaban J connectivity index is 0.000000892. The second kappa shape index (κ2) is 9.96. The molecule has 3 saturated heterocycles. The Morgan fingerprint density at radius 3 is 2.62 bits per heavy atom. The van der Waals surface area contributed by atoms with Crippen molar-refractivity contribution < 1.29 is 27.9 Å². The minimum Gasteiger partial charge on any atom is -0.483 e. The number of hydrogen-bond donors (Lipinski definition) is 4. The second-order valence-corrected chi connectivity index (χ2v) is 9.41. The molecule has 1 saturated carbocycles. The van der Waals surface area contributed by atoms with Gasteiger partial charge in [-0.15, -0.1) is 0 Å². The molecule has 2 unspecified atom stereocenters. The van der Waals surface area contributed by atoms with Crippen molar-refractivity contribution in [1.82, 2.24) is 25.3 Å². The van der Waals surface area contributed by atoms with Gasteiger partial charge in [0, 0.05) is 60.9 Å². The maximum absolute atomic E-state index is 13.8. The van der Waals surface area contributed by atoms with E-state index in [0.717, 1.165) is 37.8 Å². The number of ketones is 1. The maximum atomic E-state index is 13.8. The highest BCUT2D eigenvalue weighted by Gasteiger charge is 2.45. The number of alkyl halides is 3. The van der Waals surface area contributed by atoms with E-state index in [4.69, 9.17) is 9.90 Å². The summed E-state index contributed by atoms with van der Waals surface area (Å²) in [6, 6.07) is 3.98. The number of pyridine rings is 1. The number of carboxylic acid groups (broad SMARTS) is 1.